The molecule has 0 saturated carbocycles. The van der Waals surface area contributed by atoms with E-state index < -0.39 is 18.1 Å². The first-order chi connectivity index (χ1) is 8.54. The first-order valence-electron chi connectivity index (χ1n) is 5.00. The topological polar surface area (TPSA) is 89.0 Å². The van der Waals surface area contributed by atoms with Crippen molar-refractivity contribution >= 4 is 5.97 Å². The van der Waals surface area contributed by atoms with Gasteiger partial charge in [0.05, 0.1) is 19.1 Å². The summed E-state index contributed by atoms with van der Waals surface area (Å²) in [7, 11) is 1.15. The van der Waals surface area contributed by atoms with Crippen LogP contribution < -0.4 is 5.73 Å². The molecule has 0 saturated heterocycles. The number of carbonyl (C=O) groups excluding carboxylic acids is 1. The van der Waals surface area contributed by atoms with Gasteiger partial charge in [0, 0.05) is 12.7 Å². The summed E-state index contributed by atoms with van der Waals surface area (Å²) >= 11 is 0. The molecule has 96 valence electrons. The molecule has 2 N–H and O–H groups in total. The summed E-state index contributed by atoms with van der Waals surface area (Å²) in [5.74, 6) is -0.691. The van der Waals surface area contributed by atoms with Gasteiger partial charge in [0.15, 0.2) is 0 Å². The van der Waals surface area contributed by atoms with E-state index in [9.17, 15) is 13.6 Å². The number of halogens is 2. The summed E-state index contributed by atoms with van der Waals surface area (Å²) in [6.45, 7) is -0.128. The molecular weight excluding hydrogens is 244 g/mol. The summed E-state index contributed by atoms with van der Waals surface area (Å²) in [5, 5.41) is 8.85. The van der Waals surface area contributed by atoms with E-state index in [1.165, 1.54) is 0 Å². The third-order valence-corrected chi connectivity index (χ3v) is 2.41. The number of aromatic nitrogens is 1. The predicted molar refractivity (Wildman–Crippen MR) is 57.5 cm³/mol. The number of pyridine rings is 1. The lowest BCUT2D eigenvalue weighted by Gasteiger charge is -2.13. The number of hydrogen-bond donors (Lipinski definition) is 1. The molecule has 5 nitrogen and oxygen atoms in total. The van der Waals surface area contributed by atoms with Crippen LogP contribution in [0.2, 0.25) is 0 Å². The van der Waals surface area contributed by atoms with Crippen molar-refractivity contribution in [3.63, 3.8) is 0 Å². The monoisotopic (exact) mass is 255 g/mol. The van der Waals surface area contributed by atoms with Crippen LogP contribution in [0.1, 0.15) is 28.8 Å². The largest absolute Gasteiger partial charge is 0.469 e. The molecular formula is C11H11F2N3O2. The average molecular weight is 255 g/mol. The van der Waals surface area contributed by atoms with E-state index in [-0.39, 0.29) is 29.7 Å². The zero-order chi connectivity index (χ0) is 13.7. The lowest BCUT2D eigenvalue weighted by Crippen LogP contribution is -2.15. The number of ether oxygens (including phenoxy) is 1. The third kappa shape index (κ3) is 2.78. The minimum absolute atomic E-state index is 0.0293. The van der Waals surface area contributed by atoms with Gasteiger partial charge in [-0.3, -0.25) is 9.78 Å². The quantitative estimate of drug-likeness (QED) is 0.813. The number of hydrogen-bond acceptors (Lipinski definition) is 5. The van der Waals surface area contributed by atoms with Crippen LogP contribution in [0.25, 0.3) is 0 Å². The fourth-order valence-electron chi connectivity index (χ4n) is 1.54. The molecule has 0 spiro atoms. The van der Waals surface area contributed by atoms with Crippen LogP contribution in [0.15, 0.2) is 6.20 Å². The highest BCUT2D eigenvalue weighted by Crippen LogP contribution is 2.26. The summed E-state index contributed by atoms with van der Waals surface area (Å²) in [6.07, 6.45) is -2.20. The molecule has 0 radical (unpaired) electrons. The fraction of sp³-hybridized carbons (Fsp3) is 0.364. The molecule has 1 aromatic rings. The molecule has 0 atom stereocenters. The first kappa shape index (κ1) is 14.0. The van der Waals surface area contributed by atoms with Crippen LogP contribution in [0.4, 0.5) is 8.78 Å². The van der Waals surface area contributed by atoms with Crippen molar-refractivity contribution in [1.29, 1.82) is 5.26 Å². The van der Waals surface area contributed by atoms with Crippen molar-refractivity contribution in [3.05, 3.63) is 28.6 Å². The number of esters is 1. The minimum Gasteiger partial charge on any atom is -0.469 e. The Kier molecular flexibility index (Phi) is 4.68. The van der Waals surface area contributed by atoms with E-state index in [0.717, 1.165) is 13.3 Å². The van der Waals surface area contributed by atoms with Crippen LogP contribution >= 0.6 is 0 Å². The van der Waals surface area contributed by atoms with Crippen molar-refractivity contribution in [2.75, 3.05) is 7.11 Å². The Morgan fingerprint density at radius 2 is 2.28 bits per heavy atom. The highest BCUT2D eigenvalue weighted by molar-refractivity contribution is 5.73. The summed E-state index contributed by atoms with van der Waals surface area (Å²) in [6, 6.07) is 1.80. The van der Waals surface area contributed by atoms with Gasteiger partial charge in [-0.1, -0.05) is 0 Å². The normalized spacial score (nSPS) is 10.2. The number of nitriles is 1. The van der Waals surface area contributed by atoms with Crippen molar-refractivity contribution in [2.24, 2.45) is 5.73 Å². The Balaban J connectivity index is 3.39. The Labute approximate surface area is 102 Å². The molecule has 0 aliphatic heterocycles. The molecule has 0 amide bonds. The number of alkyl halides is 2. The van der Waals surface area contributed by atoms with Crippen molar-refractivity contribution < 1.29 is 18.3 Å². The van der Waals surface area contributed by atoms with Gasteiger partial charge < -0.3 is 10.5 Å². The average Bonchev–Trinajstić information content (AvgIpc) is 2.37. The van der Waals surface area contributed by atoms with Crippen LogP contribution in [-0.2, 0) is 22.5 Å². The summed E-state index contributed by atoms with van der Waals surface area (Å²) in [4.78, 5) is 14.7. The Morgan fingerprint density at radius 3 is 2.72 bits per heavy atom. The maximum atomic E-state index is 12.8. The van der Waals surface area contributed by atoms with E-state index in [0.29, 0.717) is 0 Å². The maximum Gasteiger partial charge on any atom is 0.310 e. The van der Waals surface area contributed by atoms with E-state index in [4.69, 9.17) is 11.0 Å². The molecule has 1 rings (SSSR count). The third-order valence-electron chi connectivity index (χ3n) is 2.41. The highest BCUT2D eigenvalue weighted by Gasteiger charge is 2.22. The molecule has 1 aromatic heterocycles. The standard InChI is InChI=1S/C11H11F2N3O2/c1-18-9(17)2-7-8(4-15)6(3-14)5-16-10(7)11(12)13/h5,11H,2,4,15H2,1H3. The molecule has 18 heavy (non-hydrogen) atoms. The number of nitrogens with two attached hydrogens (primary N) is 1. The van der Waals surface area contributed by atoms with Gasteiger partial charge in [0.2, 0.25) is 0 Å². The van der Waals surface area contributed by atoms with Crippen molar-refractivity contribution in [2.45, 2.75) is 19.4 Å². The predicted octanol–water partition coefficient (Wildman–Crippen LogP) is 1.07. The molecule has 1 heterocycles. The zero-order valence-corrected chi connectivity index (χ0v) is 9.61. The molecule has 0 aromatic carbocycles. The number of nitrogens with zero attached hydrogens (tertiary/aromatic N) is 2. The van der Waals surface area contributed by atoms with E-state index in [2.05, 4.69) is 9.72 Å². The van der Waals surface area contributed by atoms with Gasteiger partial charge in [0.1, 0.15) is 11.8 Å². The van der Waals surface area contributed by atoms with Crippen LogP contribution in [0.5, 0.6) is 0 Å². The number of rotatable bonds is 4. The molecule has 0 bridgehead atoms. The Hall–Kier alpha value is -2.07. The molecule has 7 heteroatoms. The summed E-state index contributed by atoms with van der Waals surface area (Å²) < 4.78 is 30.0. The Morgan fingerprint density at radius 1 is 1.61 bits per heavy atom. The van der Waals surface area contributed by atoms with E-state index in [1.54, 1.807) is 6.07 Å². The molecule has 0 aliphatic carbocycles. The molecule has 0 fully saturated rings. The van der Waals surface area contributed by atoms with Gasteiger partial charge in [-0.15, -0.1) is 0 Å². The van der Waals surface area contributed by atoms with Gasteiger partial charge >= 0.3 is 5.97 Å². The Bertz CT molecular complexity index is 498. The SMILES string of the molecule is COC(=O)Cc1c(C(F)F)ncc(C#N)c1CN. The van der Waals surface area contributed by atoms with Crippen LogP contribution in [-0.4, -0.2) is 18.1 Å². The van der Waals surface area contributed by atoms with E-state index in [1.807, 2.05) is 0 Å². The smallest absolute Gasteiger partial charge is 0.310 e. The van der Waals surface area contributed by atoms with Gasteiger partial charge in [-0.25, -0.2) is 8.78 Å². The van der Waals surface area contributed by atoms with Crippen LogP contribution in [0, 0.1) is 11.3 Å². The van der Waals surface area contributed by atoms with Crippen LogP contribution in [0.3, 0.4) is 0 Å². The second-order valence-electron chi connectivity index (χ2n) is 3.38. The van der Waals surface area contributed by atoms with Crippen molar-refractivity contribution in [3.8, 4) is 6.07 Å². The molecule has 0 aliphatic rings. The second kappa shape index (κ2) is 6.02. The van der Waals surface area contributed by atoms with Crippen molar-refractivity contribution in [1.82, 2.24) is 4.98 Å². The number of carbonyl (C=O) groups is 1. The lowest BCUT2D eigenvalue weighted by atomic mass is 9.99. The zero-order valence-electron chi connectivity index (χ0n) is 9.61. The van der Waals surface area contributed by atoms with E-state index >= 15 is 0 Å². The molecule has 0 unspecified atom stereocenters. The first-order valence-corrected chi connectivity index (χ1v) is 5.00. The van der Waals surface area contributed by atoms with Gasteiger partial charge in [-0.05, 0) is 11.1 Å². The second-order valence-corrected chi connectivity index (χ2v) is 3.38. The fourth-order valence-corrected chi connectivity index (χ4v) is 1.54. The maximum absolute atomic E-state index is 12.8. The van der Waals surface area contributed by atoms with Gasteiger partial charge in [-0.2, -0.15) is 5.26 Å². The van der Waals surface area contributed by atoms with Gasteiger partial charge in [0.25, 0.3) is 6.43 Å². The lowest BCUT2D eigenvalue weighted by molar-refractivity contribution is -0.139. The minimum atomic E-state index is -2.84. The highest BCUT2D eigenvalue weighted by atomic mass is 19.3. The number of methoxy groups -OCH3 is 1. The summed E-state index contributed by atoms with van der Waals surface area (Å²) in [5.41, 5.74) is 5.15.